The molecule has 0 saturated carbocycles. The van der Waals surface area contributed by atoms with Crippen LogP contribution in [0.2, 0.25) is 0 Å². The number of likely N-dealkylation sites (tertiary alicyclic amines) is 1. The van der Waals surface area contributed by atoms with Crippen LogP contribution < -0.4 is 0 Å². The predicted molar refractivity (Wildman–Crippen MR) is 82.7 cm³/mol. The minimum absolute atomic E-state index is 0.0299. The maximum absolute atomic E-state index is 12.9. The lowest BCUT2D eigenvalue weighted by molar-refractivity contribution is -0.149. The van der Waals surface area contributed by atoms with Crippen LogP contribution in [0.3, 0.4) is 0 Å². The molecule has 132 valence electrons. The number of halogens is 1. The molecule has 0 N–H and O–H groups in total. The van der Waals surface area contributed by atoms with Crippen molar-refractivity contribution >= 4 is 11.9 Å². The van der Waals surface area contributed by atoms with Crippen molar-refractivity contribution < 1.29 is 23.1 Å². The summed E-state index contributed by atoms with van der Waals surface area (Å²) in [7, 11) is 0. The molecular weight excluding hydrogens is 331 g/mol. The number of ether oxygens (including phenoxy) is 1. The second-order valence-corrected chi connectivity index (χ2v) is 5.62. The van der Waals surface area contributed by atoms with Crippen molar-refractivity contribution in [3.05, 3.63) is 30.0 Å². The van der Waals surface area contributed by atoms with Crippen LogP contribution in [0.25, 0.3) is 11.6 Å². The van der Waals surface area contributed by atoms with Crippen LogP contribution in [0.15, 0.2) is 22.7 Å². The van der Waals surface area contributed by atoms with Gasteiger partial charge in [0.1, 0.15) is 11.5 Å². The first-order valence-electron chi connectivity index (χ1n) is 7.99. The molecule has 0 unspecified atom stereocenters. The van der Waals surface area contributed by atoms with Gasteiger partial charge in [0.05, 0.1) is 18.7 Å². The molecule has 25 heavy (non-hydrogen) atoms. The normalized spacial score (nSPS) is 17.4. The first kappa shape index (κ1) is 17.0. The molecule has 3 rings (SSSR count). The van der Waals surface area contributed by atoms with E-state index in [9.17, 15) is 14.0 Å². The molecule has 1 aliphatic rings. The highest BCUT2D eigenvalue weighted by Gasteiger charge is 2.32. The second kappa shape index (κ2) is 7.37. The Labute approximate surface area is 143 Å². The zero-order valence-electron chi connectivity index (χ0n) is 13.6. The highest BCUT2D eigenvalue weighted by molar-refractivity contribution is 5.90. The van der Waals surface area contributed by atoms with Gasteiger partial charge in [0.25, 0.3) is 5.89 Å². The number of hydrogen-bond acceptors (Lipinski definition) is 7. The third-order valence-electron chi connectivity index (χ3n) is 3.88. The molecule has 0 aliphatic carbocycles. The van der Waals surface area contributed by atoms with E-state index in [2.05, 4.69) is 15.2 Å². The first-order chi connectivity index (χ1) is 12.1. The molecule has 0 spiro atoms. The molecule has 0 aromatic carbocycles. The summed E-state index contributed by atoms with van der Waals surface area (Å²) < 4.78 is 23.3. The molecule has 1 amide bonds. The van der Waals surface area contributed by atoms with Crippen LogP contribution in [0.4, 0.5) is 4.39 Å². The van der Waals surface area contributed by atoms with E-state index >= 15 is 0 Å². The summed E-state index contributed by atoms with van der Waals surface area (Å²) in [4.78, 5) is 29.7. The third-order valence-corrected chi connectivity index (χ3v) is 3.88. The third kappa shape index (κ3) is 3.81. The molecule has 1 atom stereocenters. The summed E-state index contributed by atoms with van der Waals surface area (Å²) in [6, 6.07) is 2.59. The van der Waals surface area contributed by atoms with Gasteiger partial charge < -0.3 is 14.1 Å². The molecular formula is C16H17FN4O4. The topological polar surface area (TPSA) is 98.4 Å². The minimum Gasteiger partial charge on any atom is -0.466 e. The van der Waals surface area contributed by atoms with Crippen LogP contribution in [0, 0.1) is 11.7 Å². The van der Waals surface area contributed by atoms with Gasteiger partial charge in [0.2, 0.25) is 0 Å². The zero-order chi connectivity index (χ0) is 17.8. The highest BCUT2D eigenvalue weighted by atomic mass is 19.1. The van der Waals surface area contributed by atoms with E-state index in [1.165, 1.54) is 17.0 Å². The Morgan fingerprint density at radius 3 is 2.96 bits per heavy atom. The molecule has 1 aliphatic heterocycles. The van der Waals surface area contributed by atoms with Gasteiger partial charge in [-0.1, -0.05) is 0 Å². The fourth-order valence-electron chi connectivity index (χ4n) is 2.66. The molecule has 1 saturated heterocycles. The number of esters is 1. The summed E-state index contributed by atoms with van der Waals surface area (Å²) in [5.74, 6) is -1.75. The van der Waals surface area contributed by atoms with E-state index in [-0.39, 0.29) is 35.9 Å². The lowest BCUT2D eigenvalue weighted by Gasteiger charge is -2.30. The maximum atomic E-state index is 12.9. The zero-order valence-corrected chi connectivity index (χ0v) is 13.6. The Morgan fingerprint density at radius 2 is 2.24 bits per heavy atom. The Balaban J connectivity index is 1.70. The number of carbonyl (C=O) groups excluding carboxylic acids is 2. The number of carbonyl (C=O) groups is 2. The van der Waals surface area contributed by atoms with Gasteiger partial charge in [-0.15, -0.1) is 10.2 Å². The average molecular weight is 348 g/mol. The van der Waals surface area contributed by atoms with Gasteiger partial charge in [-0.2, -0.15) is 0 Å². The van der Waals surface area contributed by atoms with Crippen molar-refractivity contribution in [3.8, 4) is 11.6 Å². The Hall–Kier alpha value is -2.84. The van der Waals surface area contributed by atoms with Crippen LogP contribution in [-0.4, -0.2) is 51.7 Å². The Kier molecular flexibility index (Phi) is 5.01. The van der Waals surface area contributed by atoms with E-state index in [0.717, 1.165) is 6.20 Å². The smallest absolute Gasteiger partial charge is 0.311 e. The number of amides is 1. The maximum Gasteiger partial charge on any atom is 0.311 e. The van der Waals surface area contributed by atoms with Crippen LogP contribution in [0.1, 0.15) is 30.5 Å². The largest absolute Gasteiger partial charge is 0.466 e. The lowest BCUT2D eigenvalue weighted by atomic mass is 9.98. The quantitative estimate of drug-likeness (QED) is 0.775. The van der Waals surface area contributed by atoms with E-state index in [0.29, 0.717) is 26.0 Å². The molecule has 0 bridgehead atoms. The van der Waals surface area contributed by atoms with Gasteiger partial charge in [0, 0.05) is 13.1 Å². The first-order valence-corrected chi connectivity index (χ1v) is 7.99. The standard InChI is InChI=1S/C16H17FN4O4/c1-2-24-16(23)10-4-3-7-21(9-10)15(22)14-20-19-13(25-14)12-6-5-11(17)8-18-12/h5-6,8,10H,2-4,7,9H2,1H3/t10-/m1/s1. The van der Waals surface area contributed by atoms with Crippen molar-refractivity contribution in [1.29, 1.82) is 0 Å². The summed E-state index contributed by atoms with van der Waals surface area (Å²) in [5.41, 5.74) is 0.274. The van der Waals surface area contributed by atoms with Crippen molar-refractivity contribution in [3.63, 3.8) is 0 Å². The SMILES string of the molecule is CCOC(=O)[C@@H]1CCCN(C(=O)c2nnc(-c3ccc(F)cn3)o2)C1. The molecule has 1 fully saturated rings. The van der Waals surface area contributed by atoms with Gasteiger partial charge in [-0.05, 0) is 31.9 Å². The summed E-state index contributed by atoms with van der Waals surface area (Å²) >= 11 is 0. The van der Waals surface area contributed by atoms with Crippen molar-refractivity contribution in [1.82, 2.24) is 20.1 Å². The molecule has 2 aromatic heterocycles. The molecule has 2 aromatic rings. The van der Waals surface area contributed by atoms with Crippen LogP contribution in [-0.2, 0) is 9.53 Å². The summed E-state index contributed by atoms with van der Waals surface area (Å²) in [6.07, 6.45) is 2.39. The fraction of sp³-hybridized carbons (Fsp3) is 0.438. The molecule has 0 radical (unpaired) electrons. The average Bonchev–Trinajstić information content (AvgIpc) is 3.12. The number of hydrogen-bond donors (Lipinski definition) is 0. The number of pyridine rings is 1. The number of aromatic nitrogens is 3. The predicted octanol–water partition coefficient (Wildman–Crippen LogP) is 1.69. The van der Waals surface area contributed by atoms with E-state index < -0.39 is 11.7 Å². The minimum atomic E-state index is -0.488. The number of nitrogens with zero attached hydrogens (tertiary/aromatic N) is 4. The Morgan fingerprint density at radius 1 is 1.40 bits per heavy atom. The molecule has 8 nitrogen and oxygen atoms in total. The Bertz CT molecular complexity index is 762. The van der Waals surface area contributed by atoms with Gasteiger partial charge in [-0.3, -0.25) is 9.59 Å². The number of rotatable bonds is 4. The highest BCUT2D eigenvalue weighted by Crippen LogP contribution is 2.21. The fourth-order valence-corrected chi connectivity index (χ4v) is 2.66. The van der Waals surface area contributed by atoms with Gasteiger partial charge >= 0.3 is 17.8 Å². The van der Waals surface area contributed by atoms with Crippen molar-refractivity contribution in [2.24, 2.45) is 5.92 Å². The summed E-state index contributed by atoms with van der Waals surface area (Å²) in [5, 5.41) is 7.51. The van der Waals surface area contributed by atoms with E-state index in [1.807, 2.05) is 0 Å². The monoisotopic (exact) mass is 348 g/mol. The van der Waals surface area contributed by atoms with Crippen LogP contribution in [0.5, 0.6) is 0 Å². The molecule has 3 heterocycles. The summed E-state index contributed by atoms with van der Waals surface area (Å²) in [6.45, 7) is 2.81. The van der Waals surface area contributed by atoms with Crippen molar-refractivity contribution in [2.75, 3.05) is 19.7 Å². The number of piperidine rings is 1. The van der Waals surface area contributed by atoms with E-state index in [1.54, 1.807) is 6.92 Å². The van der Waals surface area contributed by atoms with Crippen molar-refractivity contribution in [2.45, 2.75) is 19.8 Å². The van der Waals surface area contributed by atoms with Crippen LogP contribution >= 0.6 is 0 Å². The van der Waals surface area contributed by atoms with E-state index in [4.69, 9.17) is 9.15 Å². The van der Waals surface area contributed by atoms with Gasteiger partial charge in [0.15, 0.2) is 0 Å². The molecule has 9 heteroatoms. The lowest BCUT2D eigenvalue weighted by Crippen LogP contribution is -2.43. The second-order valence-electron chi connectivity index (χ2n) is 5.62. The van der Waals surface area contributed by atoms with Gasteiger partial charge in [-0.25, -0.2) is 9.37 Å².